The molecule has 2 aromatic rings. The zero-order valence-corrected chi connectivity index (χ0v) is 16.4. The minimum atomic E-state index is -0.0650. The Morgan fingerprint density at radius 3 is 2.86 bits per heavy atom. The van der Waals surface area contributed by atoms with Crippen molar-refractivity contribution in [3.63, 3.8) is 0 Å². The molecule has 1 unspecified atom stereocenters. The SMILES string of the molecule is CCC(=O)Nc1cccc(C(=O)N(Cc2ccccn2)C2CCCNCC2)c1. The van der Waals surface area contributed by atoms with E-state index in [1.165, 1.54) is 0 Å². The van der Waals surface area contributed by atoms with Crippen LogP contribution in [0.1, 0.15) is 48.7 Å². The number of anilines is 1. The predicted molar refractivity (Wildman–Crippen MR) is 110 cm³/mol. The Hall–Kier alpha value is -2.73. The number of nitrogens with zero attached hydrogens (tertiary/aromatic N) is 2. The van der Waals surface area contributed by atoms with Gasteiger partial charge in [0.25, 0.3) is 5.91 Å². The first-order valence-corrected chi connectivity index (χ1v) is 9.99. The number of carbonyl (C=O) groups excluding carboxylic acids is 2. The largest absolute Gasteiger partial charge is 0.330 e. The summed E-state index contributed by atoms with van der Waals surface area (Å²) in [4.78, 5) is 31.5. The van der Waals surface area contributed by atoms with Gasteiger partial charge in [0, 0.05) is 29.9 Å². The molecular weight excluding hydrogens is 352 g/mol. The highest BCUT2D eigenvalue weighted by Gasteiger charge is 2.26. The highest BCUT2D eigenvalue weighted by molar-refractivity contribution is 5.97. The molecule has 0 aliphatic carbocycles. The van der Waals surface area contributed by atoms with E-state index in [1.807, 2.05) is 41.3 Å². The van der Waals surface area contributed by atoms with Crippen molar-refractivity contribution >= 4 is 17.5 Å². The lowest BCUT2D eigenvalue weighted by Crippen LogP contribution is -2.40. The lowest BCUT2D eigenvalue weighted by molar-refractivity contribution is -0.115. The van der Waals surface area contributed by atoms with Gasteiger partial charge in [-0.05, 0) is 62.7 Å². The van der Waals surface area contributed by atoms with E-state index < -0.39 is 0 Å². The molecule has 1 aromatic heterocycles. The third-order valence-corrected chi connectivity index (χ3v) is 5.02. The summed E-state index contributed by atoms with van der Waals surface area (Å²) in [6.07, 6.45) is 5.10. The summed E-state index contributed by atoms with van der Waals surface area (Å²) in [5.41, 5.74) is 2.11. The number of hydrogen-bond acceptors (Lipinski definition) is 4. The fourth-order valence-electron chi connectivity index (χ4n) is 3.49. The summed E-state index contributed by atoms with van der Waals surface area (Å²) in [6, 6.07) is 13.1. The lowest BCUT2D eigenvalue weighted by Gasteiger charge is -2.31. The Bertz CT molecular complexity index is 786. The van der Waals surface area contributed by atoms with Gasteiger partial charge < -0.3 is 15.5 Å². The summed E-state index contributed by atoms with van der Waals surface area (Å²) in [7, 11) is 0. The molecule has 28 heavy (non-hydrogen) atoms. The molecule has 3 rings (SSSR count). The van der Waals surface area contributed by atoms with Crippen LogP contribution >= 0.6 is 0 Å². The summed E-state index contributed by atoms with van der Waals surface area (Å²) in [6.45, 7) is 4.18. The van der Waals surface area contributed by atoms with Gasteiger partial charge in [-0.15, -0.1) is 0 Å². The molecule has 2 heterocycles. The first-order chi connectivity index (χ1) is 13.7. The number of nitrogens with one attached hydrogen (secondary N) is 2. The van der Waals surface area contributed by atoms with Crippen molar-refractivity contribution in [1.29, 1.82) is 0 Å². The van der Waals surface area contributed by atoms with Gasteiger partial charge in [0.2, 0.25) is 5.91 Å². The topological polar surface area (TPSA) is 74.3 Å². The van der Waals surface area contributed by atoms with Crippen LogP contribution in [0.5, 0.6) is 0 Å². The van der Waals surface area contributed by atoms with Crippen LogP contribution in [-0.2, 0) is 11.3 Å². The van der Waals surface area contributed by atoms with Gasteiger partial charge in [-0.2, -0.15) is 0 Å². The molecule has 0 radical (unpaired) electrons. The molecule has 1 atom stereocenters. The number of pyridine rings is 1. The van der Waals surface area contributed by atoms with Gasteiger partial charge in [0.15, 0.2) is 0 Å². The number of amides is 2. The molecule has 0 spiro atoms. The lowest BCUT2D eigenvalue weighted by atomic mass is 10.0. The number of carbonyl (C=O) groups is 2. The van der Waals surface area contributed by atoms with Gasteiger partial charge in [-0.1, -0.05) is 19.1 Å². The van der Waals surface area contributed by atoms with Gasteiger partial charge in [-0.25, -0.2) is 0 Å². The van der Waals surface area contributed by atoms with E-state index in [1.54, 1.807) is 19.2 Å². The quantitative estimate of drug-likeness (QED) is 0.807. The monoisotopic (exact) mass is 380 g/mol. The summed E-state index contributed by atoms with van der Waals surface area (Å²) < 4.78 is 0. The molecule has 1 aliphatic rings. The molecule has 1 fully saturated rings. The highest BCUT2D eigenvalue weighted by Crippen LogP contribution is 2.21. The van der Waals surface area contributed by atoms with Gasteiger partial charge in [0.1, 0.15) is 0 Å². The van der Waals surface area contributed by atoms with E-state index in [4.69, 9.17) is 0 Å². The number of benzene rings is 1. The van der Waals surface area contributed by atoms with Gasteiger partial charge in [0.05, 0.1) is 12.2 Å². The molecular formula is C22H28N4O2. The number of rotatable bonds is 6. The second kappa shape index (κ2) is 9.99. The molecule has 2 amide bonds. The Morgan fingerprint density at radius 1 is 1.18 bits per heavy atom. The zero-order chi connectivity index (χ0) is 19.8. The van der Waals surface area contributed by atoms with Gasteiger partial charge in [-0.3, -0.25) is 14.6 Å². The Morgan fingerprint density at radius 2 is 2.07 bits per heavy atom. The van der Waals surface area contributed by atoms with Crippen molar-refractivity contribution in [2.75, 3.05) is 18.4 Å². The van der Waals surface area contributed by atoms with E-state index >= 15 is 0 Å². The van der Waals surface area contributed by atoms with Crippen LogP contribution in [0.4, 0.5) is 5.69 Å². The smallest absolute Gasteiger partial charge is 0.254 e. The zero-order valence-electron chi connectivity index (χ0n) is 16.4. The molecule has 1 aliphatic heterocycles. The average molecular weight is 380 g/mol. The first kappa shape index (κ1) is 20.0. The van der Waals surface area contributed by atoms with Gasteiger partial charge >= 0.3 is 0 Å². The van der Waals surface area contributed by atoms with Crippen molar-refractivity contribution in [3.05, 3.63) is 59.9 Å². The Kier molecular flexibility index (Phi) is 7.14. The Balaban J connectivity index is 1.85. The fourth-order valence-corrected chi connectivity index (χ4v) is 3.49. The number of hydrogen-bond donors (Lipinski definition) is 2. The van der Waals surface area contributed by atoms with Crippen molar-refractivity contribution in [3.8, 4) is 0 Å². The molecule has 6 heteroatoms. The van der Waals surface area contributed by atoms with E-state index in [2.05, 4.69) is 15.6 Å². The van der Waals surface area contributed by atoms with Crippen molar-refractivity contribution in [1.82, 2.24) is 15.2 Å². The second-order valence-electron chi connectivity index (χ2n) is 7.07. The van der Waals surface area contributed by atoms with E-state index in [0.29, 0.717) is 24.2 Å². The van der Waals surface area contributed by atoms with Crippen LogP contribution < -0.4 is 10.6 Å². The second-order valence-corrected chi connectivity index (χ2v) is 7.07. The fraction of sp³-hybridized carbons (Fsp3) is 0.409. The molecule has 2 N–H and O–H groups in total. The van der Waals surface area contributed by atoms with Crippen molar-refractivity contribution in [2.24, 2.45) is 0 Å². The van der Waals surface area contributed by atoms with E-state index in [9.17, 15) is 9.59 Å². The maximum atomic E-state index is 13.4. The van der Waals surface area contributed by atoms with Crippen LogP contribution in [0, 0.1) is 0 Å². The molecule has 1 aromatic carbocycles. The van der Waals surface area contributed by atoms with Crippen LogP contribution in [0.3, 0.4) is 0 Å². The maximum Gasteiger partial charge on any atom is 0.254 e. The minimum absolute atomic E-state index is 0.0230. The van der Waals surface area contributed by atoms with Crippen molar-refractivity contribution in [2.45, 2.75) is 45.2 Å². The normalized spacial score (nSPS) is 16.8. The standard InChI is InChI=1S/C22H28N4O2/c1-2-21(27)25-18-9-5-7-17(15-18)22(28)26(16-19-8-3-4-13-24-19)20-10-6-12-23-14-11-20/h3-5,7-9,13,15,20,23H,2,6,10-12,14,16H2,1H3,(H,25,27). The van der Waals surface area contributed by atoms with E-state index in [-0.39, 0.29) is 17.9 Å². The van der Waals surface area contributed by atoms with E-state index in [0.717, 1.165) is 38.0 Å². The Labute approximate surface area is 166 Å². The third-order valence-electron chi connectivity index (χ3n) is 5.02. The molecule has 1 saturated heterocycles. The highest BCUT2D eigenvalue weighted by atomic mass is 16.2. The molecule has 148 valence electrons. The van der Waals surface area contributed by atoms with Crippen LogP contribution in [0.15, 0.2) is 48.7 Å². The summed E-state index contributed by atoms with van der Waals surface area (Å²) in [5.74, 6) is -0.0880. The molecule has 6 nitrogen and oxygen atoms in total. The van der Waals surface area contributed by atoms with Crippen molar-refractivity contribution < 1.29 is 9.59 Å². The third kappa shape index (κ3) is 5.39. The van der Waals surface area contributed by atoms with Crippen LogP contribution in [-0.4, -0.2) is 40.8 Å². The predicted octanol–water partition coefficient (Wildman–Crippen LogP) is 3.21. The minimum Gasteiger partial charge on any atom is -0.330 e. The summed E-state index contributed by atoms with van der Waals surface area (Å²) >= 11 is 0. The maximum absolute atomic E-state index is 13.4. The molecule has 0 saturated carbocycles. The summed E-state index contributed by atoms with van der Waals surface area (Å²) in [5, 5.41) is 6.24. The number of aromatic nitrogens is 1. The van der Waals surface area contributed by atoms with Crippen LogP contribution in [0.25, 0.3) is 0 Å². The van der Waals surface area contributed by atoms with Crippen LogP contribution in [0.2, 0.25) is 0 Å². The average Bonchev–Trinajstić information content (AvgIpc) is 3.02. The molecule has 0 bridgehead atoms. The first-order valence-electron chi connectivity index (χ1n) is 9.99.